The molecule has 1 saturated heterocycles. The lowest BCUT2D eigenvalue weighted by atomic mass is 10.2. The van der Waals surface area contributed by atoms with E-state index in [1.807, 2.05) is 0 Å². The minimum Gasteiger partial charge on any atom is -0.354 e. The van der Waals surface area contributed by atoms with Crippen molar-refractivity contribution in [3.63, 3.8) is 0 Å². The van der Waals surface area contributed by atoms with Crippen LogP contribution in [0.2, 0.25) is 0 Å². The van der Waals surface area contributed by atoms with Crippen molar-refractivity contribution in [1.82, 2.24) is 10.2 Å². The van der Waals surface area contributed by atoms with Crippen LogP contribution >= 0.6 is 0 Å². The van der Waals surface area contributed by atoms with Crippen molar-refractivity contribution in [2.24, 2.45) is 5.73 Å². The third kappa shape index (κ3) is 3.20. The van der Waals surface area contributed by atoms with E-state index in [0.29, 0.717) is 6.54 Å². The van der Waals surface area contributed by atoms with Crippen LogP contribution in [0.3, 0.4) is 0 Å². The highest BCUT2D eigenvalue weighted by molar-refractivity contribution is 5.82. The van der Waals surface area contributed by atoms with Crippen molar-refractivity contribution < 1.29 is 9.59 Å². The average molecular weight is 213 g/mol. The summed E-state index contributed by atoms with van der Waals surface area (Å²) in [7, 11) is 0. The summed E-state index contributed by atoms with van der Waals surface area (Å²) in [6.45, 7) is 4.46. The molecule has 0 aromatic heterocycles. The van der Waals surface area contributed by atoms with Crippen LogP contribution in [-0.4, -0.2) is 41.9 Å². The van der Waals surface area contributed by atoms with Gasteiger partial charge in [0.25, 0.3) is 0 Å². The molecular weight excluding hydrogens is 194 g/mol. The smallest absolute Gasteiger partial charge is 0.239 e. The predicted octanol–water partition coefficient (Wildman–Crippen LogP) is -0.539. The molecule has 0 aromatic rings. The first-order chi connectivity index (χ1) is 7.02. The molecule has 0 radical (unpaired) electrons. The number of nitrogens with two attached hydrogens (primary N) is 1. The molecule has 0 aliphatic carbocycles. The molecule has 0 spiro atoms. The summed E-state index contributed by atoms with van der Waals surface area (Å²) < 4.78 is 0. The number of nitrogens with zero attached hydrogens (tertiary/aromatic N) is 1. The number of amides is 2. The number of likely N-dealkylation sites (tertiary alicyclic amines) is 1. The van der Waals surface area contributed by atoms with E-state index in [2.05, 4.69) is 5.32 Å². The zero-order valence-corrected chi connectivity index (χ0v) is 9.32. The van der Waals surface area contributed by atoms with E-state index in [1.165, 1.54) is 6.92 Å². The van der Waals surface area contributed by atoms with Gasteiger partial charge in [0.1, 0.15) is 0 Å². The van der Waals surface area contributed by atoms with E-state index in [0.717, 1.165) is 19.4 Å². The van der Waals surface area contributed by atoms with Gasteiger partial charge in [-0.05, 0) is 19.8 Å². The summed E-state index contributed by atoms with van der Waals surface area (Å²) in [4.78, 5) is 24.2. The first-order valence-electron chi connectivity index (χ1n) is 5.33. The van der Waals surface area contributed by atoms with Gasteiger partial charge < -0.3 is 16.0 Å². The Balaban J connectivity index is 2.49. The van der Waals surface area contributed by atoms with E-state index >= 15 is 0 Å². The van der Waals surface area contributed by atoms with Gasteiger partial charge in [-0.2, -0.15) is 0 Å². The third-order valence-electron chi connectivity index (χ3n) is 2.64. The third-order valence-corrected chi connectivity index (χ3v) is 2.64. The summed E-state index contributed by atoms with van der Waals surface area (Å²) in [6, 6.07) is -0.338. The molecule has 2 amide bonds. The monoisotopic (exact) mass is 213 g/mol. The minimum absolute atomic E-state index is 0.0251. The topological polar surface area (TPSA) is 75.4 Å². The molecule has 0 saturated carbocycles. The van der Waals surface area contributed by atoms with Gasteiger partial charge in [-0.3, -0.25) is 9.59 Å². The number of hydrogen-bond donors (Lipinski definition) is 2. The lowest BCUT2D eigenvalue weighted by Gasteiger charge is -2.26. The first-order valence-corrected chi connectivity index (χ1v) is 5.33. The van der Waals surface area contributed by atoms with Gasteiger partial charge in [0.15, 0.2) is 0 Å². The number of rotatable bonds is 3. The Morgan fingerprint density at radius 1 is 1.60 bits per heavy atom. The fourth-order valence-electron chi connectivity index (χ4n) is 1.86. The molecule has 5 nitrogen and oxygen atoms in total. The number of carbonyl (C=O) groups is 2. The van der Waals surface area contributed by atoms with Crippen LogP contribution in [-0.2, 0) is 9.59 Å². The van der Waals surface area contributed by atoms with E-state index in [-0.39, 0.29) is 17.9 Å². The lowest BCUT2D eigenvalue weighted by molar-refractivity contribution is -0.133. The summed E-state index contributed by atoms with van der Waals surface area (Å²) in [5.74, 6) is -0.0852. The molecule has 1 rings (SSSR count). The van der Waals surface area contributed by atoms with E-state index in [1.54, 1.807) is 11.8 Å². The Bertz CT molecular complexity index is 253. The molecule has 86 valence electrons. The van der Waals surface area contributed by atoms with Crippen molar-refractivity contribution in [2.45, 2.75) is 38.8 Å². The molecule has 3 N–H and O–H groups in total. The van der Waals surface area contributed by atoms with Gasteiger partial charge >= 0.3 is 0 Å². The van der Waals surface area contributed by atoms with Crippen molar-refractivity contribution in [3.8, 4) is 0 Å². The Morgan fingerprint density at radius 2 is 2.27 bits per heavy atom. The Morgan fingerprint density at radius 3 is 2.80 bits per heavy atom. The molecule has 1 aliphatic rings. The van der Waals surface area contributed by atoms with Crippen LogP contribution in [0.1, 0.15) is 26.7 Å². The van der Waals surface area contributed by atoms with Crippen LogP contribution in [0.4, 0.5) is 0 Å². The average Bonchev–Trinajstić information content (AvgIpc) is 2.60. The van der Waals surface area contributed by atoms with Gasteiger partial charge in [0, 0.05) is 26.1 Å². The summed E-state index contributed by atoms with van der Waals surface area (Å²) in [6.07, 6.45) is 1.93. The maximum atomic E-state index is 11.7. The molecule has 0 bridgehead atoms. The standard InChI is InChI=1S/C10H19N3O2/c1-7(11)10(15)13-5-3-4-9(13)6-12-8(2)14/h7,9H,3-6,11H2,1-2H3,(H,12,14)/t7-,9+/m0/s1. The fourth-order valence-corrected chi connectivity index (χ4v) is 1.86. The normalized spacial score (nSPS) is 22.6. The van der Waals surface area contributed by atoms with Gasteiger partial charge in [0.05, 0.1) is 6.04 Å². The minimum atomic E-state index is -0.456. The number of nitrogens with one attached hydrogen (secondary N) is 1. The quantitative estimate of drug-likeness (QED) is 0.661. The summed E-state index contributed by atoms with van der Waals surface area (Å²) in [5.41, 5.74) is 5.56. The molecule has 15 heavy (non-hydrogen) atoms. The SMILES string of the molecule is CC(=O)NC[C@H]1CCCN1C(=O)[C@H](C)N. The first kappa shape index (κ1) is 12.0. The Kier molecular flexibility index (Phi) is 4.08. The van der Waals surface area contributed by atoms with Gasteiger partial charge in [-0.15, -0.1) is 0 Å². The van der Waals surface area contributed by atoms with Crippen LogP contribution in [0, 0.1) is 0 Å². The second-order valence-corrected chi connectivity index (χ2v) is 4.05. The molecule has 1 aliphatic heterocycles. The van der Waals surface area contributed by atoms with E-state index in [9.17, 15) is 9.59 Å². The van der Waals surface area contributed by atoms with E-state index < -0.39 is 6.04 Å². The Labute approximate surface area is 90.0 Å². The van der Waals surface area contributed by atoms with Crippen LogP contribution in [0.25, 0.3) is 0 Å². The lowest BCUT2D eigenvalue weighted by Crippen LogP contribution is -2.48. The maximum Gasteiger partial charge on any atom is 0.239 e. The second-order valence-electron chi connectivity index (χ2n) is 4.05. The largest absolute Gasteiger partial charge is 0.354 e. The summed E-state index contributed by atoms with van der Waals surface area (Å²) in [5, 5.41) is 2.74. The van der Waals surface area contributed by atoms with Gasteiger partial charge in [-0.25, -0.2) is 0 Å². The van der Waals surface area contributed by atoms with Gasteiger partial charge in [-0.1, -0.05) is 0 Å². The van der Waals surface area contributed by atoms with Crippen LogP contribution in [0.5, 0.6) is 0 Å². The summed E-state index contributed by atoms with van der Waals surface area (Å²) >= 11 is 0. The predicted molar refractivity (Wildman–Crippen MR) is 57.1 cm³/mol. The van der Waals surface area contributed by atoms with Crippen molar-refractivity contribution in [2.75, 3.05) is 13.1 Å². The molecule has 0 unspecified atom stereocenters. The van der Waals surface area contributed by atoms with Crippen molar-refractivity contribution >= 4 is 11.8 Å². The number of carbonyl (C=O) groups excluding carboxylic acids is 2. The number of hydrogen-bond acceptors (Lipinski definition) is 3. The maximum absolute atomic E-state index is 11.7. The van der Waals surface area contributed by atoms with Gasteiger partial charge in [0.2, 0.25) is 11.8 Å². The molecule has 2 atom stereocenters. The second kappa shape index (κ2) is 5.11. The molecule has 1 fully saturated rings. The zero-order chi connectivity index (χ0) is 11.4. The molecule has 0 aromatic carbocycles. The molecule has 5 heteroatoms. The van der Waals surface area contributed by atoms with E-state index in [4.69, 9.17) is 5.73 Å². The highest BCUT2D eigenvalue weighted by Crippen LogP contribution is 2.17. The highest BCUT2D eigenvalue weighted by atomic mass is 16.2. The van der Waals surface area contributed by atoms with Crippen LogP contribution in [0.15, 0.2) is 0 Å². The Hall–Kier alpha value is -1.10. The van der Waals surface area contributed by atoms with Crippen LogP contribution < -0.4 is 11.1 Å². The van der Waals surface area contributed by atoms with Crippen molar-refractivity contribution in [1.29, 1.82) is 0 Å². The highest BCUT2D eigenvalue weighted by Gasteiger charge is 2.29. The fraction of sp³-hybridized carbons (Fsp3) is 0.800. The van der Waals surface area contributed by atoms with Crippen molar-refractivity contribution in [3.05, 3.63) is 0 Å². The molecular formula is C10H19N3O2. The molecule has 1 heterocycles. The zero-order valence-electron chi connectivity index (χ0n) is 9.32.